The second-order valence-electron chi connectivity index (χ2n) is 30.7. The maximum absolute atomic E-state index is 13.5. The number of pyridine rings is 4. The van der Waals surface area contributed by atoms with E-state index in [-0.39, 0.29) is 39.6 Å². The van der Waals surface area contributed by atoms with Crippen LogP contribution in [0, 0.1) is 36.5 Å². The van der Waals surface area contributed by atoms with Gasteiger partial charge in [0.25, 0.3) is 0 Å². The molecule has 0 aliphatic rings. The molecule has 20 aromatic rings. The average molecular weight is 2010 g/mol. The summed E-state index contributed by atoms with van der Waals surface area (Å²) >= 11 is 6.23. The second kappa shape index (κ2) is 42.3. The van der Waals surface area contributed by atoms with Crippen molar-refractivity contribution in [2.45, 2.75) is 58.5 Å². The van der Waals surface area contributed by atoms with E-state index in [0.29, 0.717) is 110 Å². The summed E-state index contributed by atoms with van der Waals surface area (Å²) in [4.78, 5) is 56.0. The first-order chi connectivity index (χ1) is 69.3. The summed E-state index contributed by atoms with van der Waals surface area (Å²) in [5.41, 5.74) is 7.43. The molecule has 11 aromatic heterocycles. The lowest BCUT2D eigenvalue weighted by molar-refractivity contribution is -0.274. The number of alkyl halides is 17. The Morgan fingerprint density at radius 1 is 0.352 bits per heavy atom. The maximum Gasteiger partial charge on any atom is 0.573 e. The Bertz CT molecular complexity index is 8100. The molecule has 0 aliphatic heterocycles. The third-order valence-electron chi connectivity index (χ3n) is 20.7. The van der Waals surface area contributed by atoms with Gasteiger partial charge in [0, 0.05) is 41.2 Å². The van der Waals surface area contributed by atoms with Crippen LogP contribution in [0.25, 0.3) is 84.4 Å². The molecule has 28 nitrogen and oxygen atoms in total. The van der Waals surface area contributed by atoms with Crippen molar-refractivity contribution in [2.24, 2.45) is 0 Å². The van der Waals surface area contributed by atoms with E-state index in [0.717, 1.165) is 85.4 Å². The molecule has 20 rings (SSSR count). The lowest BCUT2D eigenvalue weighted by Crippen LogP contribution is -2.17. The van der Waals surface area contributed by atoms with Gasteiger partial charge in [-0.25, -0.2) is 54.8 Å². The van der Waals surface area contributed by atoms with Gasteiger partial charge in [0.2, 0.25) is 17.1 Å². The summed E-state index contributed by atoms with van der Waals surface area (Å²) in [6.45, 7) is 3.49. The number of benzene rings is 9. The molecular weight excluding hydrogens is 1940 g/mol. The molecule has 0 aliphatic carbocycles. The summed E-state index contributed by atoms with van der Waals surface area (Å²) in [6, 6.07) is 73.1. The summed E-state index contributed by atoms with van der Waals surface area (Å²) in [6.07, 6.45) is -15.3. The van der Waals surface area contributed by atoms with E-state index in [4.69, 9.17) is 11.6 Å². The van der Waals surface area contributed by atoms with Crippen LogP contribution in [0.4, 0.5) is 138 Å². The fourth-order valence-corrected chi connectivity index (χ4v) is 14.8. The number of fused-ring (bicyclic) bond motifs is 5. The molecule has 6 N–H and O–H groups in total. The first-order valence-electron chi connectivity index (χ1n) is 42.7. The minimum absolute atomic E-state index is 0.0606. The van der Waals surface area contributed by atoms with Crippen molar-refractivity contribution in [3.05, 3.63) is 355 Å². The van der Waals surface area contributed by atoms with Crippen molar-refractivity contribution in [3.8, 4) is 52.7 Å². The second-order valence-corrected chi connectivity index (χ2v) is 31.1. The predicted octanol–water partition coefficient (Wildman–Crippen LogP) is 26.0. The van der Waals surface area contributed by atoms with E-state index in [1.165, 1.54) is 128 Å². The molecule has 46 heteroatoms. The topological polar surface area (TPSA) is 330 Å². The molecule has 9 aromatic carbocycles. The van der Waals surface area contributed by atoms with Crippen LogP contribution in [-0.4, -0.2) is 107 Å². The first-order valence-corrected chi connectivity index (χ1v) is 43.1. The van der Waals surface area contributed by atoms with Crippen LogP contribution in [0.3, 0.4) is 0 Å². The smallest absolute Gasteiger partial charge is 0.435 e. The van der Waals surface area contributed by atoms with E-state index in [9.17, 15) is 85.2 Å². The van der Waals surface area contributed by atoms with Crippen LogP contribution >= 0.6 is 11.6 Å². The minimum atomic E-state index is -4.75. The zero-order valence-corrected chi connectivity index (χ0v) is 75.5. The Balaban J connectivity index is 0.000000130. The predicted molar refractivity (Wildman–Crippen MR) is 508 cm³/mol. The monoisotopic (exact) mass is 2010 g/mol. The molecular formula is C99H68ClF17N26O2. The normalized spacial score (nSPS) is 11.6. The Hall–Kier alpha value is -18.4. The minimum Gasteiger partial charge on any atom is -0.435 e. The van der Waals surface area contributed by atoms with Gasteiger partial charge >= 0.3 is 37.7 Å². The Morgan fingerprint density at radius 2 is 0.731 bits per heavy atom. The van der Waals surface area contributed by atoms with Crippen LogP contribution in [0.5, 0.6) is 11.5 Å². The summed E-state index contributed by atoms with van der Waals surface area (Å²) in [5, 5.41) is 37.1. The third kappa shape index (κ3) is 24.4. The molecule has 0 bridgehead atoms. The SMILES string of the molecule is CCNc1nc2ccccc2n1-c1cncc(Nc2ccc(C(F)(F)F)cc2)n1.Cc1nc2ccccc2n1-c1cc(C#N)cc(Nc2ccc(OC(F)(F)F)cc2)n1.Cc1nc2ccccc2n1-c1cc(C#N)cc(Nc2ccc(OC(F)F)cc2)n1.FC(F)(F)c1ccc(Nc2cccc(-n3c(C(F)(F)F)nc4ncccc43)n2)cc1.FC(F)(F)c1ccc(Nc2cncc(-n3c(Cl)nc4ccccc43)n2)cc1. The molecule has 11 heterocycles. The molecule has 0 atom stereocenters. The van der Waals surface area contributed by atoms with Gasteiger partial charge in [-0.05, 0) is 251 Å². The number of imidazole rings is 5. The molecule has 0 fully saturated rings. The lowest BCUT2D eigenvalue weighted by atomic mass is 10.2. The molecule has 732 valence electrons. The van der Waals surface area contributed by atoms with Crippen molar-refractivity contribution < 1.29 is 84.1 Å². The van der Waals surface area contributed by atoms with Crippen LogP contribution in [0.1, 0.15) is 52.2 Å². The Labute approximate surface area is 812 Å². The van der Waals surface area contributed by atoms with Gasteiger partial charge in [-0.1, -0.05) is 54.6 Å². The van der Waals surface area contributed by atoms with Crippen molar-refractivity contribution in [1.29, 1.82) is 10.5 Å². The van der Waals surface area contributed by atoms with Crippen LogP contribution in [0.2, 0.25) is 5.28 Å². The van der Waals surface area contributed by atoms with Gasteiger partial charge < -0.3 is 41.4 Å². The Kier molecular flexibility index (Phi) is 29.1. The van der Waals surface area contributed by atoms with E-state index in [2.05, 4.69) is 118 Å². The van der Waals surface area contributed by atoms with Crippen molar-refractivity contribution in [1.82, 2.24) is 87.6 Å². The number of nitrogens with zero attached hydrogens (tertiary/aromatic N) is 20. The fourth-order valence-electron chi connectivity index (χ4n) is 14.6. The van der Waals surface area contributed by atoms with Gasteiger partial charge in [-0.15, -0.1) is 13.2 Å². The van der Waals surface area contributed by atoms with Gasteiger partial charge in [0.15, 0.2) is 28.9 Å². The maximum atomic E-state index is 13.5. The zero-order valence-electron chi connectivity index (χ0n) is 74.7. The third-order valence-corrected chi connectivity index (χ3v) is 21.0. The number of ether oxygens (including phenoxy) is 2. The number of para-hydroxylation sites is 8. The van der Waals surface area contributed by atoms with Crippen LogP contribution < -0.4 is 41.4 Å². The van der Waals surface area contributed by atoms with Crippen molar-refractivity contribution >= 4 is 130 Å². The molecule has 0 amide bonds. The average Bonchev–Trinajstić information content (AvgIpc) is 1.62. The number of halogens is 18. The van der Waals surface area contributed by atoms with Gasteiger partial charge in [-0.3, -0.25) is 32.8 Å². The number of aromatic nitrogens is 18. The van der Waals surface area contributed by atoms with Crippen molar-refractivity contribution in [2.75, 3.05) is 38.4 Å². The number of aryl methyl sites for hydroxylation is 2. The van der Waals surface area contributed by atoms with Crippen LogP contribution in [-0.2, 0) is 24.7 Å². The van der Waals surface area contributed by atoms with E-state index in [1.54, 1.807) is 47.2 Å². The fraction of sp³-hybridized carbons (Fsp3) is 0.101. The number of nitriles is 2. The van der Waals surface area contributed by atoms with E-state index < -0.39 is 60.2 Å². The quantitative estimate of drug-likeness (QED) is 0.0386. The number of hydrogen-bond acceptors (Lipinski definition) is 23. The highest BCUT2D eigenvalue weighted by atomic mass is 35.5. The standard InChI is InChI=1S/C21H14F3N5O.C21H15F2N5O.C20H17F3N6.C19H11F6N5.C18H11ClF3N5/c1-13-26-17-4-2-3-5-18(17)29(13)20-11-14(12-25)10-19(28-20)27-15-6-8-16(9-7-15)30-21(22,23)24;1-13-25-17-4-2-3-5-18(17)28(13)20-11-14(12-24)10-19(27-20)26-15-6-8-16(9-7-15)29-21(22)23;1-2-25-19-27-15-5-3-4-6-16(15)29(19)18-12-24-11-17(28-18)26-14-9-7-13(8-10-14)20(21,22)23;20-18(21,22)11-6-8-12(9-7-11)27-14-4-1-5-15(28-14)30-13-3-2-10-26-16(13)29-17(30)19(23,24)25;19-17-25-13-3-1-2-4-14(13)27(17)16-10-23-9-15(26-16)24-12-7-5-11(6-8-12)18(20,21)22/h2-11H,1H3,(H,27,28);2-11,21H,1H3,(H,26,27);3-12H,2H2,1H3,(H,25,27)(H,26,28);1-10H,(H,27,28);1-10H,(H,24,26). The highest BCUT2D eigenvalue weighted by Crippen LogP contribution is 2.39. The molecule has 0 spiro atoms. The summed E-state index contributed by atoms with van der Waals surface area (Å²) in [7, 11) is 0. The van der Waals surface area contributed by atoms with Gasteiger partial charge in [0.05, 0.1) is 114 Å². The lowest BCUT2D eigenvalue weighted by Gasteiger charge is -2.13. The Morgan fingerprint density at radius 3 is 1.16 bits per heavy atom. The number of rotatable bonds is 20. The molecule has 0 radical (unpaired) electrons. The van der Waals surface area contributed by atoms with Gasteiger partial charge in [0.1, 0.15) is 58.1 Å². The summed E-state index contributed by atoms with van der Waals surface area (Å²) in [5.74, 6) is 4.30. The molecule has 0 saturated carbocycles. The van der Waals surface area contributed by atoms with Crippen molar-refractivity contribution in [3.63, 3.8) is 0 Å². The molecule has 0 saturated heterocycles. The zero-order chi connectivity index (χ0) is 103. The summed E-state index contributed by atoms with van der Waals surface area (Å²) < 4.78 is 232. The highest BCUT2D eigenvalue weighted by Gasteiger charge is 2.40. The van der Waals surface area contributed by atoms with Gasteiger partial charge in [-0.2, -0.15) is 72.0 Å². The molecule has 145 heavy (non-hydrogen) atoms. The van der Waals surface area contributed by atoms with Crippen LogP contribution in [0.15, 0.2) is 304 Å². The number of hydrogen-bond donors (Lipinski definition) is 6. The largest absolute Gasteiger partial charge is 0.573 e. The first kappa shape index (κ1) is 99.6. The highest BCUT2D eigenvalue weighted by molar-refractivity contribution is 6.29. The number of nitrogens with one attached hydrogen (secondary N) is 6. The number of anilines is 11. The molecule has 0 unspecified atom stereocenters. The van der Waals surface area contributed by atoms with E-state index in [1.807, 2.05) is 132 Å². The van der Waals surface area contributed by atoms with E-state index >= 15 is 0 Å².